The molecule has 3 nitrogen and oxygen atoms in total. The number of thiazole rings is 1. The smallest absolute Gasteiger partial charge is 0.264 e. The van der Waals surface area contributed by atoms with Crippen LogP contribution in [0, 0.1) is 11.3 Å². The van der Waals surface area contributed by atoms with Gasteiger partial charge in [-0.1, -0.05) is 6.07 Å². The van der Waals surface area contributed by atoms with Gasteiger partial charge >= 0.3 is 6.18 Å². The second-order valence-corrected chi connectivity index (χ2v) is 5.69. The second kappa shape index (κ2) is 5.82. The number of fused-ring (bicyclic) bond motifs is 1. The van der Waals surface area contributed by atoms with Crippen molar-refractivity contribution in [2.45, 2.75) is 6.18 Å². The maximum atomic E-state index is 12.7. The molecule has 114 valence electrons. The van der Waals surface area contributed by atoms with E-state index in [0.717, 1.165) is 17.7 Å². The lowest BCUT2D eigenvalue weighted by Gasteiger charge is -2.04. The Kier molecular flexibility index (Phi) is 3.84. The second-order valence-electron chi connectivity index (χ2n) is 4.66. The summed E-state index contributed by atoms with van der Waals surface area (Å²) in [5, 5.41) is 9.68. The highest BCUT2D eigenvalue weighted by Gasteiger charge is 2.30. The Morgan fingerprint density at radius 1 is 1.26 bits per heavy atom. The largest absolute Gasteiger partial charge is 0.416 e. The number of nitriles is 1. The van der Waals surface area contributed by atoms with Crippen molar-refractivity contribution in [3.8, 4) is 6.07 Å². The third-order valence-electron chi connectivity index (χ3n) is 3.06. The summed E-state index contributed by atoms with van der Waals surface area (Å²) in [7, 11) is 0. The molecular weight excluding hydrogens is 323 g/mol. The minimum atomic E-state index is -4.42. The Hall–Kier alpha value is -2.72. The van der Waals surface area contributed by atoms with Crippen molar-refractivity contribution in [1.82, 2.24) is 9.97 Å². The molecule has 7 heteroatoms. The standard InChI is InChI=1S/C16H8F3N3S/c17-16(18,19)12-3-4-14-13(7-12)22-15(23-14)11(8-20)6-10-2-1-5-21-9-10/h1-7,9H/b11-6+. The average Bonchev–Trinajstić information content (AvgIpc) is 2.95. The van der Waals surface area contributed by atoms with E-state index in [9.17, 15) is 18.4 Å². The van der Waals surface area contributed by atoms with E-state index in [0.29, 0.717) is 9.71 Å². The number of alkyl halides is 3. The first-order valence-electron chi connectivity index (χ1n) is 6.47. The molecule has 0 bridgehead atoms. The van der Waals surface area contributed by atoms with E-state index in [2.05, 4.69) is 9.97 Å². The van der Waals surface area contributed by atoms with Gasteiger partial charge in [-0.25, -0.2) is 4.98 Å². The molecule has 0 N–H and O–H groups in total. The molecule has 23 heavy (non-hydrogen) atoms. The summed E-state index contributed by atoms with van der Waals surface area (Å²) >= 11 is 1.18. The number of hydrogen-bond acceptors (Lipinski definition) is 4. The minimum absolute atomic E-state index is 0.229. The molecule has 0 aliphatic carbocycles. The molecule has 2 aromatic heterocycles. The first-order valence-corrected chi connectivity index (χ1v) is 7.29. The first-order chi connectivity index (χ1) is 11.0. The van der Waals surface area contributed by atoms with Crippen LogP contribution >= 0.6 is 11.3 Å². The van der Waals surface area contributed by atoms with Gasteiger partial charge in [0, 0.05) is 12.4 Å². The number of hydrogen-bond donors (Lipinski definition) is 0. The molecule has 0 aliphatic heterocycles. The molecule has 0 spiro atoms. The van der Waals surface area contributed by atoms with Gasteiger partial charge in [0.15, 0.2) is 0 Å². The predicted octanol–water partition coefficient (Wildman–Crippen LogP) is 4.77. The SMILES string of the molecule is N#C/C(=C\c1cccnc1)c1nc2cc(C(F)(F)F)ccc2s1. The lowest BCUT2D eigenvalue weighted by atomic mass is 10.2. The molecule has 3 aromatic rings. The molecule has 0 saturated carbocycles. The zero-order valence-electron chi connectivity index (χ0n) is 11.5. The molecule has 0 amide bonds. The number of pyridine rings is 1. The van der Waals surface area contributed by atoms with Crippen LogP contribution in [-0.4, -0.2) is 9.97 Å². The van der Waals surface area contributed by atoms with Crippen molar-refractivity contribution in [2.75, 3.05) is 0 Å². The van der Waals surface area contributed by atoms with Crippen molar-refractivity contribution in [3.63, 3.8) is 0 Å². The topological polar surface area (TPSA) is 49.6 Å². The normalized spacial score (nSPS) is 12.3. The van der Waals surface area contributed by atoms with Crippen molar-refractivity contribution in [3.05, 3.63) is 58.9 Å². The highest BCUT2D eigenvalue weighted by molar-refractivity contribution is 7.19. The molecule has 1 aromatic carbocycles. The molecule has 2 heterocycles. The maximum absolute atomic E-state index is 12.7. The summed E-state index contributed by atoms with van der Waals surface area (Å²) in [4.78, 5) is 8.11. The van der Waals surface area contributed by atoms with Crippen LogP contribution in [0.3, 0.4) is 0 Å². The Balaban J connectivity index is 2.06. The minimum Gasteiger partial charge on any atom is -0.264 e. The van der Waals surface area contributed by atoms with Crippen molar-refractivity contribution in [2.24, 2.45) is 0 Å². The van der Waals surface area contributed by atoms with E-state index in [-0.39, 0.29) is 11.1 Å². The van der Waals surface area contributed by atoms with Crippen molar-refractivity contribution >= 4 is 33.2 Å². The molecule has 0 radical (unpaired) electrons. The summed E-state index contributed by atoms with van der Waals surface area (Å²) in [5.74, 6) is 0. The highest BCUT2D eigenvalue weighted by Crippen LogP contribution is 2.34. The van der Waals surface area contributed by atoms with Gasteiger partial charge in [0.25, 0.3) is 0 Å². The molecule has 0 unspecified atom stereocenters. The highest BCUT2D eigenvalue weighted by atomic mass is 32.1. The number of aromatic nitrogens is 2. The van der Waals surface area contributed by atoms with Gasteiger partial charge in [-0.2, -0.15) is 18.4 Å². The van der Waals surface area contributed by atoms with E-state index < -0.39 is 11.7 Å². The van der Waals surface area contributed by atoms with Crippen LogP contribution in [0.4, 0.5) is 13.2 Å². The van der Waals surface area contributed by atoms with Gasteiger partial charge < -0.3 is 0 Å². The third kappa shape index (κ3) is 3.22. The summed E-state index contributed by atoms with van der Waals surface area (Å²) in [5.41, 5.74) is 0.482. The first kappa shape index (κ1) is 15.2. The van der Waals surface area contributed by atoms with Crippen LogP contribution < -0.4 is 0 Å². The van der Waals surface area contributed by atoms with Crippen LogP contribution in [0.5, 0.6) is 0 Å². The molecule has 0 saturated heterocycles. The summed E-state index contributed by atoms with van der Waals surface area (Å²) in [6, 6.07) is 8.92. The van der Waals surface area contributed by atoms with E-state index >= 15 is 0 Å². The fourth-order valence-corrected chi connectivity index (χ4v) is 2.90. The molecular formula is C16H8F3N3S. The Morgan fingerprint density at radius 2 is 2.09 bits per heavy atom. The number of allylic oxidation sites excluding steroid dienone is 1. The molecule has 0 aliphatic rings. The van der Waals surface area contributed by atoms with Crippen LogP contribution in [0.2, 0.25) is 0 Å². The van der Waals surface area contributed by atoms with Gasteiger partial charge in [0.2, 0.25) is 0 Å². The van der Waals surface area contributed by atoms with E-state index in [1.807, 2.05) is 6.07 Å². The average molecular weight is 331 g/mol. The van der Waals surface area contributed by atoms with Gasteiger partial charge in [-0.05, 0) is 35.9 Å². The van der Waals surface area contributed by atoms with Gasteiger partial charge in [-0.3, -0.25) is 4.98 Å². The van der Waals surface area contributed by atoms with Crippen LogP contribution in [0.1, 0.15) is 16.1 Å². The summed E-state index contributed by atoms with van der Waals surface area (Å²) < 4.78 is 38.8. The van der Waals surface area contributed by atoms with Crippen LogP contribution in [0.15, 0.2) is 42.7 Å². The van der Waals surface area contributed by atoms with E-state index in [1.165, 1.54) is 17.4 Å². The Labute approximate surface area is 133 Å². The van der Waals surface area contributed by atoms with Gasteiger partial charge in [0.05, 0.1) is 21.4 Å². The fourth-order valence-electron chi connectivity index (χ4n) is 1.99. The van der Waals surface area contributed by atoms with Gasteiger partial charge in [-0.15, -0.1) is 11.3 Å². The molecule has 3 rings (SSSR count). The molecule has 0 fully saturated rings. The zero-order chi connectivity index (χ0) is 16.4. The quantitative estimate of drug-likeness (QED) is 0.635. The van der Waals surface area contributed by atoms with Crippen LogP contribution in [0.25, 0.3) is 21.9 Å². The number of benzene rings is 1. The number of halogens is 3. The zero-order valence-corrected chi connectivity index (χ0v) is 12.3. The molecule has 0 atom stereocenters. The number of nitrogens with zero attached hydrogens (tertiary/aromatic N) is 3. The van der Waals surface area contributed by atoms with E-state index in [4.69, 9.17) is 0 Å². The lowest BCUT2D eigenvalue weighted by molar-refractivity contribution is -0.137. The summed E-state index contributed by atoms with van der Waals surface area (Å²) in [6.45, 7) is 0. The third-order valence-corrected chi connectivity index (χ3v) is 4.13. The maximum Gasteiger partial charge on any atom is 0.416 e. The van der Waals surface area contributed by atoms with Gasteiger partial charge in [0.1, 0.15) is 11.1 Å². The van der Waals surface area contributed by atoms with Crippen molar-refractivity contribution < 1.29 is 13.2 Å². The summed E-state index contributed by atoms with van der Waals surface area (Å²) in [6.07, 6.45) is 0.392. The monoisotopic (exact) mass is 331 g/mol. The predicted molar refractivity (Wildman–Crippen MR) is 82.3 cm³/mol. The fraction of sp³-hybridized carbons (Fsp3) is 0.0625. The van der Waals surface area contributed by atoms with Crippen molar-refractivity contribution in [1.29, 1.82) is 5.26 Å². The number of rotatable bonds is 2. The Bertz CT molecular complexity index is 921. The Morgan fingerprint density at radius 3 is 2.74 bits per heavy atom. The lowest BCUT2D eigenvalue weighted by Crippen LogP contribution is -2.03. The van der Waals surface area contributed by atoms with Crippen LogP contribution in [-0.2, 0) is 6.18 Å². The van der Waals surface area contributed by atoms with E-state index in [1.54, 1.807) is 30.6 Å².